The molecule has 2 aromatic rings. The highest BCUT2D eigenvalue weighted by atomic mass is 32.2. The second-order valence-corrected chi connectivity index (χ2v) is 8.21. The minimum absolute atomic E-state index is 0.00647. The van der Waals surface area contributed by atoms with Crippen molar-refractivity contribution in [2.24, 2.45) is 13.0 Å². The van der Waals surface area contributed by atoms with Gasteiger partial charge in [-0.3, -0.25) is 19.3 Å². The molecule has 144 valence electrons. The first kappa shape index (κ1) is 19.0. The molecule has 1 N–H and O–H groups in total. The van der Waals surface area contributed by atoms with E-state index in [-0.39, 0.29) is 30.3 Å². The van der Waals surface area contributed by atoms with Gasteiger partial charge in [0.2, 0.25) is 11.8 Å². The van der Waals surface area contributed by atoms with E-state index in [9.17, 15) is 18.0 Å². The molecular formula is C17H21N5O4S. The van der Waals surface area contributed by atoms with Gasteiger partial charge in [-0.05, 0) is 26.0 Å². The van der Waals surface area contributed by atoms with Gasteiger partial charge in [-0.1, -0.05) is 6.07 Å². The molecule has 0 bridgehead atoms. The van der Waals surface area contributed by atoms with Crippen molar-refractivity contribution in [3.8, 4) is 0 Å². The number of hydrogen-bond donors (Lipinski definition) is 1. The molecule has 3 heterocycles. The number of pyridine rings is 1. The van der Waals surface area contributed by atoms with Crippen LogP contribution in [0.4, 0.5) is 0 Å². The maximum absolute atomic E-state index is 12.6. The summed E-state index contributed by atoms with van der Waals surface area (Å²) in [6.45, 7) is 3.63. The highest BCUT2D eigenvalue weighted by Gasteiger charge is 2.37. The van der Waals surface area contributed by atoms with Crippen LogP contribution in [0.15, 0.2) is 29.3 Å². The van der Waals surface area contributed by atoms with Crippen molar-refractivity contribution < 1.29 is 18.0 Å². The van der Waals surface area contributed by atoms with Crippen molar-refractivity contribution in [3.63, 3.8) is 0 Å². The number of hydrogen-bond acceptors (Lipinski definition) is 6. The molecule has 1 unspecified atom stereocenters. The first-order chi connectivity index (χ1) is 12.7. The van der Waals surface area contributed by atoms with Crippen LogP contribution in [0.2, 0.25) is 0 Å². The van der Waals surface area contributed by atoms with E-state index in [2.05, 4.69) is 14.8 Å². The van der Waals surface area contributed by atoms with E-state index in [4.69, 9.17) is 0 Å². The van der Waals surface area contributed by atoms with Crippen LogP contribution < -0.4 is 4.72 Å². The third-order valence-electron chi connectivity index (χ3n) is 4.61. The lowest BCUT2D eigenvalue weighted by molar-refractivity contribution is -0.129. The number of aromatic nitrogens is 3. The number of amides is 2. The minimum Gasteiger partial charge on any atom is -0.336 e. The number of carbonyl (C=O) groups is 2. The molecule has 0 spiro atoms. The Morgan fingerprint density at radius 3 is 2.67 bits per heavy atom. The molecule has 2 amide bonds. The second kappa shape index (κ2) is 7.10. The maximum atomic E-state index is 12.6. The zero-order valence-electron chi connectivity index (χ0n) is 15.3. The van der Waals surface area contributed by atoms with Crippen molar-refractivity contribution in [3.05, 3.63) is 41.5 Å². The molecule has 9 nitrogen and oxygen atoms in total. The van der Waals surface area contributed by atoms with Crippen LogP contribution >= 0.6 is 0 Å². The Labute approximate surface area is 157 Å². The zero-order valence-corrected chi connectivity index (χ0v) is 16.2. The smallest absolute Gasteiger partial charge is 0.267 e. The van der Waals surface area contributed by atoms with E-state index < -0.39 is 21.8 Å². The van der Waals surface area contributed by atoms with Crippen molar-refractivity contribution >= 4 is 21.8 Å². The Morgan fingerprint density at radius 1 is 1.33 bits per heavy atom. The number of nitrogens with zero attached hydrogens (tertiary/aromatic N) is 4. The summed E-state index contributed by atoms with van der Waals surface area (Å²) in [4.78, 5) is 30.4. The SMILES string of the molecule is Cc1nn(C)c(C)c1S(=O)(=O)NC(=O)C1CC(=O)N(Cc2ccccn2)C1. The summed E-state index contributed by atoms with van der Waals surface area (Å²) < 4.78 is 28.8. The number of rotatable bonds is 5. The second-order valence-electron chi connectivity index (χ2n) is 6.59. The van der Waals surface area contributed by atoms with Gasteiger partial charge >= 0.3 is 0 Å². The number of likely N-dealkylation sites (tertiary alicyclic amines) is 1. The van der Waals surface area contributed by atoms with Gasteiger partial charge in [-0.2, -0.15) is 5.10 Å². The predicted molar refractivity (Wildman–Crippen MR) is 95.8 cm³/mol. The van der Waals surface area contributed by atoms with Crippen LogP contribution in [-0.2, 0) is 33.2 Å². The molecule has 1 fully saturated rings. The number of sulfonamides is 1. The number of aryl methyl sites for hydroxylation is 2. The highest BCUT2D eigenvalue weighted by Crippen LogP contribution is 2.22. The fraction of sp³-hybridized carbons (Fsp3) is 0.412. The van der Waals surface area contributed by atoms with Crippen LogP contribution in [-0.4, -0.2) is 46.4 Å². The minimum atomic E-state index is -4.06. The van der Waals surface area contributed by atoms with Gasteiger partial charge in [0.1, 0.15) is 4.90 Å². The van der Waals surface area contributed by atoms with E-state index in [1.165, 1.54) is 9.58 Å². The number of carbonyl (C=O) groups excluding carboxylic acids is 2. The normalized spacial score (nSPS) is 17.4. The molecule has 0 aromatic carbocycles. The Kier molecular flexibility index (Phi) is 5.01. The highest BCUT2D eigenvalue weighted by molar-refractivity contribution is 7.90. The van der Waals surface area contributed by atoms with Gasteiger partial charge < -0.3 is 4.90 Å². The number of nitrogens with one attached hydrogen (secondary N) is 1. The Balaban J connectivity index is 1.70. The maximum Gasteiger partial charge on any atom is 0.267 e. The monoisotopic (exact) mass is 391 g/mol. The summed E-state index contributed by atoms with van der Waals surface area (Å²) in [5.41, 5.74) is 1.46. The van der Waals surface area contributed by atoms with Gasteiger partial charge in [0, 0.05) is 26.2 Å². The summed E-state index contributed by atoms with van der Waals surface area (Å²) >= 11 is 0. The van der Waals surface area contributed by atoms with E-state index in [1.807, 2.05) is 6.07 Å². The molecular weight excluding hydrogens is 370 g/mol. The molecule has 27 heavy (non-hydrogen) atoms. The summed E-state index contributed by atoms with van der Waals surface area (Å²) in [6.07, 6.45) is 1.60. The lowest BCUT2D eigenvalue weighted by Gasteiger charge is -2.16. The zero-order chi connectivity index (χ0) is 19.8. The van der Waals surface area contributed by atoms with Gasteiger partial charge in [-0.25, -0.2) is 13.1 Å². The van der Waals surface area contributed by atoms with Crippen LogP contribution in [0.1, 0.15) is 23.5 Å². The molecule has 0 radical (unpaired) electrons. The van der Waals surface area contributed by atoms with Crippen molar-refractivity contribution in [2.45, 2.75) is 31.7 Å². The van der Waals surface area contributed by atoms with Crippen LogP contribution in [0.3, 0.4) is 0 Å². The summed E-state index contributed by atoms with van der Waals surface area (Å²) in [5.74, 6) is -1.62. The average Bonchev–Trinajstić information content (AvgIpc) is 3.08. The van der Waals surface area contributed by atoms with E-state index in [1.54, 1.807) is 39.2 Å². The molecule has 10 heteroatoms. The first-order valence-electron chi connectivity index (χ1n) is 8.43. The fourth-order valence-electron chi connectivity index (χ4n) is 3.20. The molecule has 1 aliphatic rings. The van der Waals surface area contributed by atoms with Crippen molar-refractivity contribution in [1.82, 2.24) is 24.4 Å². The van der Waals surface area contributed by atoms with E-state index in [0.717, 1.165) is 0 Å². The van der Waals surface area contributed by atoms with E-state index in [0.29, 0.717) is 17.1 Å². The molecule has 0 aliphatic carbocycles. The molecule has 3 rings (SSSR count). The van der Waals surface area contributed by atoms with Crippen LogP contribution in [0.25, 0.3) is 0 Å². The third-order valence-corrected chi connectivity index (χ3v) is 6.21. The van der Waals surface area contributed by atoms with Crippen LogP contribution in [0, 0.1) is 19.8 Å². The lowest BCUT2D eigenvalue weighted by atomic mass is 10.1. The molecule has 0 saturated carbocycles. The molecule has 1 saturated heterocycles. The Bertz CT molecular complexity index is 984. The summed E-state index contributed by atoms with van der Waals surface area (Å²) in [5, 5.41) is 4.07. The van der Waals surface area contributed by atoms with Gasteiger partial charge in [0.15, 0.2) is 0 Å². The summed E-state index contributed by atoms with van der Waals surface area (Å²) in [7, 11) is -2.42. The van der Waals surface area contributed by atoms with Crippen molar-refractivity contribution in [1.29, 1.82) is 0 Å². The third kappa shape index (κ3) is 3.85. The van der Waals surface area contributed by atoms with Gasteiger partial charge in [0.05, 0.1) is 29.5 Å². The van der Waals surface area contributed by atoms with E-state index >= 15 is 0 Å². The predicted octanol–water partition coefficient (Wildman–Crippen LogP) is 0.286. The van der Waals surface area contributed by atoms with Crippen LogP contribution in [0.5, 0.6) is 0 Å². The fourth-order valence-corrected chi connectivity index (χ4v) is 4.68. The average molecular weight is 391 g/mol. The molecule has 2 aromatic heterocycles. The topological polar surface area (TPSA) is 114 Å². The van der Waals surface area contributed by atoms with Crippen molar-refractivity contribution in [2.75, 3.05) is 6.54 Å². The van der Waals surface area contributed by atoms with Gasteiger partial charge in [-0.15, -0.1) is 0 Å². The Morgan fingerprint density at radius 2 is 2.07 bits per heavy atom. The molecule has 1 atom stereocenters. The summed E-state index contributed by atoms with van der Waals surface area (Å²) in [6, 6.07) is 5.39. The van der Waals surface area contributed by atoms with Gasteiger partial charge in [0.25, 0.3) is 10.0 Å². The Hall–Kier alpha value is -2.75. The molecule has 1 aliphatic heterocycles. The quantitative estimate of drug-likeness (QED) is 0.783. The standard InChI is InChI=1S/C17H21N5O4S/c1-11-16(12(2)21(3)19-11)27(25,26)20-17(24)13-8-15(23)22(9-13)10-14-6-4-5-7-18-14/h4-7,13H,8-10H2,1-3H3,(H,20,24). The first-order valence-corrected chi connectivity index (χ1v) is 9.92. The lowest BCUT2D eigenvalue weighted by Crippen LogP contribution is -2.37. The largest absolute Gasteiger partial charge is 0.336 e.